The Balaban J connectivity index is 2.03. The molecule has 6 nitrogen and oxygen atoms in total. The average Bonchev–Trinajstić information content (AvgIpc) is 2.78. The van der Waals surface area contributed by atoms with Gasteiger partial charge in [0.1, 0.15) is 10.7 Å². The topological polar surface area (TPSA) is 97.3 Å². The molecule has 0 atom stereocenters. The molecule has 0 aliphatic carbocycles. The first-order valence-corrected chi connectivity index (χ1v) is 8.13. The van der Waals surface area contributed by atoms with Crippen LogP contribution in [0.15, 0.2) is 0 Å². The smallest absolute Gasteiger partial charge is 0.265 e. The molecule has 1 amide bonds. The van der Waals surface area contributed by atoms with Crippen molar-refractivity contribution in [3.8, 4) is 0 Å². The molecule has 1 aliphatic rings. The molecular formula is C14H25N5OS. The van der Waals surface area contributed by atoms with E-state index in [-0.39, 0.29) is 17.4 Å². The maximum Gasteiger partial charge on any atom is 0.265 e. The van der Waals surface area contributed by atoms with Crippen molar-refractivity contribution in [3.63, 3.8) is 0 Å². The number of aromatic nitrogens is 1. The first-order chi connectivity index (χ1) is 9.76. The fraction of sp³-hybridized carbons (Fsp3) is 0.714. The van der Waals surface area contributed by atoms with Crippen LogP contribution in [-0.2, 0) is 0 Å². The molecule has 1 aliphatic heterocycles. The molecule has 0 spiro atoms. The molecule has 1 aromatic heterocycles. The number of anilines is 2. The predicted molar refractivity (Wildman–Crippen MR) is 87.7 cm³/mol. The number of nitrogens with two attached hydrogens (primary N) is 2. The number of nitrogen functional groups attached to an aromatic ring is 1. The third-order valence-corrected chi connectivity index (χ3v) is 4.57. The highest BCUT2D eigenvalue weighted by Gasteiger charge is 2.23. The summed E-state index contributed by atoms with van der Waals surface area (Å²) in [5, 5.41) is 3.74. The monoisotopic (exact) mass is 311 g/mol. The lowest BCUT2D eigenvalue weighted by Crippen LogP contribution is -2.39. The molecule has 2 heterocycles. The Morgan fingerprint density at radius 1 is 1.43 bits per heavy atom. The van der Waals surface area contributed by atoms with Gasteiger partial charge in [-0.1, -0.05) is 32.1 Å². The zero-order chi connectivity index (χ0) is 15.6. The normalized spacial score (nSPS) is 17.0. The van der Waals surface area contributed by atoms with E-state index in [0.717, 1.165) is 31.1 Å². The van der Waals surface area contributed by atoms with Crippen LogP contribution in [0, 0.1) is 5.41 Å². The summed E-state index contributed by atoms with van der Waals surface area (Å²) < 4.78 is 0. The number of nitrogens with zero attached hydrogens (tertiary/aromatic N) is 2. The van der Waals surface area contributed by atoms with E-state index in [0.29, 0.717) is 17.2 Å². The Bertz CT molecular complexity index is 500. The molecule has 2 rings (SSSR count). The predicted octanol–water partition coefficient (Wildman–Crippen LogP) is 1.43. The van der Waals surface area contributed by atoms with Gasteiger partial charge in [0.25, 0.3) is 5.91 Å². The number of nitrogens with one attached hydrogen (secondary N) is 1. The quantitative estimate of drug-likeness (QED) is 0.784. The molecule has 7 heteroatoms. The van der Waals surface area contributed by atoms with Crippen LogP contribution in [0.4, 0.5) is 10.9 Å². The Labute approximate surface area is 129 Å². The molecule has 0 unspecified atom stereocenters. The van der Waals surface area contributed by atoms with Crippen LogP contribution in [0.1, 0.15) is 43.3 Å². The van der Waals surface area contributed by atoms with Crippen LogP contribution in [0.25, 0.3) is 0 Å². The molecule has 0 saturated carbocycles. The molecule has 1 fully saturated rings. The number of hydrogen-bond donors (Lipinski definition) is 3. The highest BCUT2D eigenvalue weighted by Crippen LogP contribution is 2.30. The number of rotatable bonds is 3. The third-order valence-electron chi connectivity index (χ3n) is 3.44. The summed E-state index contributed by atoms with van der Waals surface area (Å²) in [7, 11) is 0. The zero-order valence-electron chi connectivity index (χ0n) is 13.0. The Hall–Kier alpha value is -1.34. The van der Waals surface area contributed by atoms with Crippen molar-refractivity contribution >= 4 is 28.2 Å². The van der Waals surface area contributed by atoms with Gasteiger partial charge < -0.3 is 21.7 Å². The van der Waals surface area contributed by atoms with Crippen molar-refractivity contribution in [1.29, 1.82) is 0 Å². The van der Waals surface area contributed by atoms with Gasteiger partial charge in [-0.2, -0.15) is 0 Å². The van der Waals surface area contributed by atoms with E-state index >= 15 is 0 Å². The number of amides is 1. The highest BCUT2D eigenvalue weighted by atomic mass is 32.1. The summed E-state index contributed by atoms with van der Waals surface area (Å²) >= 11 is 1.36. The van der Waals surface area contributed by atoms with Gasteiger partial charge in [-0.3, -0.25) is 4.79 Å². The van der Waals surface area contributed by atoms with Gasteiger partial charge in [-0.05, 0) is 18.3 Å². The number of carbonyl (C=O) groups is 1. The van der Waals surface area contributed by atoms with E-state index in [1.807, 2.05) is 0 Å². The van der Waals surface area contributed by atoms with Gasteiger partial charge in [-0.25, -0.2) is 4.98 Å². The van der Waals surface area contributed by atoms with Crippen LogP contribution >= 0.6 is 11.3 Å². The van der Waals surface area contributed by atoms with E-state index in [4.69, 9.17) is 11.5 Å². The van der Waals surface area contributed by atoms with E-state index in [9.17, 15) is 4.79 Å². The standard InChI is InChI=1S/C14H25N5OS/c1-14(2,3)8-17-12(20)10-11(16)18-13(21-10)19-6-4-9(15)5-7-19/h9H,4-8,15-16H2,1-3H3,(H,17,20). The molecule has 0 radical (unpaired) electrons. The Morgan fingerprint density at radius 2 is 2.05 bits per heavy atom. The minimum Gasteiger partial charge on any atom is -0.382 e. The highest BCUT2D eigenvalue weighted by molar-refractivity contribution is 7.18. The number of piperidine rings is 1. The summed E-state index contributed by atoms with van der Waals surface area (Å²) in [5.41, 5.74) is 11.9. The third kappa shape index (κ3) is 4.31. The maximum atomic E-state index is 12.2. The fourth-order valence-electron chi connectivity index (χ4n) is 2.13. The van der Waals surface area contributed by atoms with Gasteiger partial charge in [-0.15, -0.1) is 0 Å². The Morgan fingerprint density at radius 3 is 2.62 bits per heavy atom. The van der Waals surface area contributed by atoms with Gasteiger partial charge in [0.05, 0.1) is 0 Å². The fourth-order valence-corrected chi connectivity index (χ4v) is 3.09. The second kappa shape index (κ2) is 6.19. The minimum absolute atomic E-state index is 0.0426. The molecule has 21 heavy (non-hydrogen) atoms. The lowest BCUT2D eigenvalue weighted by atomic mass is 9.97. The largest absolute Gasteiger partial charge is 0.382 e. The first kappa shape index (κ1) is 16.0. The molecule has 1 saturated heterocycles. The average molecular weight is 311 g/mol. The number of thiazole rings is 1. The zero-order valence-corrected chi connectivity index (χ0v) is 13.8. The van der Waals surface area contributed by atoms with Crippen molar-refractivity contribution in [2.24, 2.45) is 11.1 Å². The molecular weight excluding hydrogens is 286 g/mol. The molecule has 5 N–H and O–H groups in total. The first-order valence-electron chi connectivity index (χ1n) is 7.31. The van der Waals surface area contributed by atoms with E-state index in [2.05, 4.69) is 36.0 Å². The van der Waals surface area contributed by atoms with Crippen LogP contribution in [-0.4, -0.2) is 36.6 Å². The van der Waals surface area contributed by atoms with E-state index in [1.165, 1.54) is 11.3 Å². The number of hydrogen-bond acceptors (Lipinski definition) is 6. The summed E-state index contributed by atoms with van der Waals surface area (Å²) in [6, 6.07) is 0.271. The van der Waals surface area contributed by atoms with Gasteiger partial charge in [0.2, 0.25) is 0 Å². The lowest BCUT2D eigenvalue weighted by Gasteiger charge is -2.29. The minimum atomic E-state index is -0.139. The molecule has 118 valence electrons. The van der Waals surface area contributed by atoms with Crippen molar-refractivity contribution < 1.29 is 4.79 Å². The van der Waals surface area contributed by atoms with E-state index in [1.54, 1.807) is 0 Å². The summed E-state index contributed by atoms with van der Waals surface area (Å²) in [4.78, 5) is 19.2. The van der Waals surface area contributed by atoms with Gasteiger partial charge >= 0.3 is 0 Å². The SMILES string of the molecule is CC(C)(C)CNC(=O)c1sc(N2CCC(N)CC2)nc1N. The summed E-state index contributed by atoms with van der Waals surface area (Å²) in [5.74, 6) is 0.177. The number of carbonyl (C=O) groups excluding carboxylic acids is 1. The maximum absolute atomic E-state index is 12.2. The van der Waals surface area contributed by atoms with Crippen LogP contribution in [0.5, 0.6) is 0 Å². The van der Waals surface area contributed by atoms with Crippen LogP contribution < -0.4 is 21.7 Å². The second-order valence-electron chi connectivity index (χ2n) is 6.78. The molecule has 0 bridgehead atoms. The summed E-state index contributed by atoms with van der Waals surface area (Å²) in [6.45, 7) is 8.58. The van der Waals surface area contributed by atoms with E-state index < -0.39 is 0 Å². The van der Waals surface area contributed by atoms with Crippen LogP contribution in [0.3, 0.4) is 0 Å². The van der Waals surface area contributed by atoms with Gasteiger partial charge in [0.15, 0.2) is 5.13 Å². The lowest BCUT2D eigenvalue weighted by molar-refractivity contribution is 0.0944. The van der Waals surface area contributed by atoms with Crippen molar-refractivity contribution in [1.82, 2.24) is 10.3 Å². The molecule has 1 aromatic rings. The second-order valence-corrected chi connectivity index (χ2v) is 7.76. The Kier molecular flexibility index (Phi) is 4.73. The van der Waals surface area contributed by atoms with Crippen molar-refractivity contribution in [2.45, 2.75) is 39.7 Å². The van der Waals surface area contributed by atoms with Crippen molar-refractivity contribution in [3.05, 3.63) is 4.88 Å². The van der Waals surface area contributed by atoms with Crippen molar-refractivity contribution in [2.75, 3.05) is 30.3 Å². The van der Waals surface area contributed by atoms with Crippen LogP contribution in [0.2, 0.25) is 0 Å². The molecule has 0 aromatic carbocycles. The van der Waals surface area contributed by atoms with Gasteiger partial charge in [0, 0.05) is 25.7 Å². The summed E-state index contributed by atoms with van der Waals surface area (Å²) in [6.07, 6.45) is 1.90.